The zero-order valence-corrected chi connectivity index (χ0v) is 15.0. The van der Waals surface area contributed by atoms with Gasteiger partial charge in [0.2, 0.25) is 11.8 Å². The first-order chi connectivity index (χ1) is 11.4. The number of amides is 2. The van der Waals surface area contributed by atoms with Gasteiger partial charge in [0.05, 0.1) is 12.5 Å². The Kier molecular flexibility index (Phi) is 7.95. The largest absolute Gasteiger partial charge is 0.466 e. The molecule has 1 fully saturated rings. The molecule has 1 rings (SSSR count). The average Bonchev–Trinajstić information content (AvgIpc) is 2.54. The van der Waals surface area contributed by atoms with Crippen LogP contribution >= 0.6 is 0 Å². The predicted octanol–water partition coefficient (Wildman–Crippen LogP) is 1.94. The Morgan fingerprint density at radius 2 is 2.00 bits per heavy atom. The number of esters is 1. The highest BCUT2D eigenvalue weighted by atomic mass is 16.5. The van der Waals surface area contributed by atoms with Gasteiger partial charge in [-0.25, -0.2) is 0 Å². The van der Waals surface area contributed by atoms with Gasteiger partial charge in [0.15, 0.2) is 0 Å². The van der Waals surface area contributed by atoms with Gasteiger partial charge in [-0.1, -0.05) is 19.4 Å². The van der Waals surface area contributed by atoms with Crippen LogP contribution in [0, 0.1) is 11.8 Å². The summed E-state index contributed by atoms with van der Waals surface area (Å²) in [5.74, 6) is -1.69. The third kappa shape index (κ3) is 4.82. The predicted molar refractivity (Wildman–Crippen MR) is 92.1 cm³/mol. The van der Waals surface area contributed by atoms with Crippen molar-refractivity contribution in [2.24, 2.45) is 11.8 Å². The molecule has 0 aliphatic heterocycles. The maximum atomic E-state index is 12.9. The van der Waals surface area contributed by atoms with E-state index in [4.69, 9.17) is 4.74 Å². The van der Waals surface area contributed by atoms with Gasteiger partial charge in [-0.2, -0.15) is 0 Å². The third-order valence-electron chi connectivity index (χ3n) is 4.53. The van der Waals surface area contributed by atoms with Crippen molar-refractivity contribution in [2.75, 3.05) is 13.2 Å². The van der Waals surface area contributed by atoms with Gasteiger partial charge in [-0.3, -0.25) is 14.4 Å². The van der Waals surface area contributed by atoms with Crippen LogP contribution in [0.15, 0.2) is 12.7 Å². The first-order valence-electron chi connectivity index (χ1n) is 8.77. The lowest BCUT2D eigenvalue weighted by molar-refractivity contribution is -0.158. The first-order valence-corrected chi connectivity index (χ1v) is 8.77. The van der Waals surface area contributed by atoms with E-state index in [2.05, 4.69) is 17.2 Å². The number of nitrogens with one attached hydrogen (secondary N) is 2. The van der Waals surface area contributed by atoms with Crippen molar-refractivity contribution in [3.8, 4) is 0 Å². The Labute approximate surface area is 144 Å². The van der Waals surface area contributed by atoms with E-state index < -0.39 is 17.4 Å². The van der Waals surface area contributed by atoms with Gasteiger partial charge in [-0.05, 0) is 38.5 Å². The van der Waals surface area contributed by atoms with E-state index in [1.165, 1.54) is 6.92 Å². The zero-order valence-electron chi connectivity index (χ0n) is 15.0. The summed E-state index contributed by atoms with van der Waals surface area (Å²) < 4.78 is 5.17. The quantitative estimate of drug-likeness (QED) is 0.402. The lowest BCUT2D eigenvalue weighted by Crippen LogP contribution is -2.66. The fourth-order valence-electron chi connectivity index (χ4n) is 3.34. The Morgan fingerprint density at radius 1 is 1.29 bits per heavy atom. The molecule has 0 aromatic carbocycles. The Bertz CT molecular complexity index is 478. The fraction of sp³-hybridized carbons (Fsp3) is 0.722. The molecule has 0 heterocycles. The van der Waals surface area contributed by atoms with E-state index in [9.17, 15) is 14.4 Å². The summed E-state index contributed by atoms with van der Waals surface area (Å²) in [6.07, 6.45) is 5.17. The first kappa shape index (κ1) is 20.2. The van der Waals surface area contributed by atoms with E-state index >= 15 is 0 Å². The molecule has 2 N–H and O–H groups in total. The SMILES string of the molecule is C=C[C@@H]1CCC(C(=O)OCC)[C@@](NC(C)=O)(C(=O)NCCCC)C1. The monoisotopic (exact) mass is 338 g/mol. The minimum absolute atomic E-state index is 0.0689. The van der Waals surface area contributed by atoms with Crippen molar-refractivity contribution in [3.63, 3.8) is 0 Å². The lowest BCUT2D eigenvalue weighted by Gasteiger charge is -2.44. The average molecular weight is 338 g/mol. The molecule has 0 aromatic rings. The third-order valence-corrected chi connectivity index (χ3v) is 4.53. The van der Waals surface area contributed by atoms with Gasteiger partial charge < -0.3 is 15.4 Å². The molecular weight excluding hydrogens is 308 g/mol. The van der Waals surface area contributed by atoms with E-state index in [0.717, 1.165) is 19.3 Å². The van der Waals surface area contributed by atoms with Gasteiger partial charge in [-0.15, -0.1) is 6.58 Å². The van der Waals surface area contributed by atoms with Crippen LogP contribution < -0.4 is 10.6 Å². The molecule has 0 aromatic heterocycles. The highest BCUT2D eigenvalue weighted by Gasteiger charge is 2.53. The Hall–Kier alpha value is -1.85. The molecule has 3 atom stereocenters. The summed E-state index contributed by atoms with van der Waals surface area (Å²) in [7, 11) is 0. The standard InChI is InChI=1S/C18H30N2O4/c1-5-8-11-19-17(23)18(20-13(4)21)12-14(6-2)9-10-15(18)16(22)24-7-3/h6,14-15H,2,5,7-12H2,1,3-4H3,(H,19,23)(H,20,21)/t14-,15?,18-/m1/s1. The van der Waals surface area contributed by atoms with Crippen molar-refractivity contribution < 1.29 is 19.1 Å². The Morgan fingerprint density at radius 3 is 2.54 bits per heavy atom. The lowest BCUT2D eigenvalue weighted by atomic mass is 9.67. The maximum Gasteiger partial charge on any atom is 0.311 e. The van der Waals surface area contributed by atoms with Crippen LogP contribution in [-0.2, 0) is 19.1 Å². The number of hydrogen-bond acceptors (Lipinski definition) is 4. The van der Waals surface area contributed by atoms with Crippen LogP contribution in [0.25, 0.3) is 0 Å². The zero-order chi connectivity index (χ0) is 18.2. The van der Waals surface area contributed by atoms with Crippen LogP contribution in [-0.4, -0.2) is 36.5 Å². The molecular formula is C18H30N2O4. The molecule has 6 heteroatoms. The molecule has 6 nitrogen and oxygen atoms in total. The van der Waals surface area contributed by atoms with Crippen molar-refractivity contribution >= 4 is 17.8 Å². The minimum Gasteiger partial charge on any atom is -0.466 e. The van der Waals surface area contributed by atoms with Crippen LogP contribution in [0.1, 0.15) is 52.9 Å². The summed E-state index contributed by atoms with van der Waals surface area (Å²) in [6.45, 7) is 9.70. The van der Waals surface area contributed by atoms with Crippen LogP contribution in [0.5, 0.6) is 0 Å². The maximum absolute atomic E-state index is 12.9. The molecule has 0 radical (unpaired) electrons. The molecule has 0 spiro atoms. The number of rotatable bonds is 8. The molecule has 0 bridgehead atoms. The second kappa shape index (κ2) is 9.45. The summed E-state index contributed by atoms with van der Waals surface area (Å²) in [6, 6.07) is 0. The van der Waals surface area contributed by atoms with Crippen molar-refractivity contribution in [1.29, 1.82) is 0 Å². The molecule has 1 saturated carbocycles. The number of carbonyl (C=O) groups is 3. The number of carbonyl (C=O) groups excluding carboxylic acids is 3. The number of allylic oxidation sites excluding steroid dienone is 1. The van der Waals surface area contributed by atoms with E-state index in [1.807, 2.05) is 6.92 Å². The number of ether oxygens (including phenoxy) is 1. The second-order valence-corrected chi connectivity index (χ2v) is 6.34. The molecule has 1 aliphatic carbocycles. The molecule has 136 valence electrons. The molecule has 0 saturated heterocycles. The highest BCUT2D eigenvalue weighted by molar-refractivity contribution is 5.96. The van der Waals surface area contributed by atoms with E-state index in [0.29, 0.717) is 19.4 Å². The normalized spacial score (nSPS) is 26.3. The minimum atomic E-state index is -1.27. The topological polar surface area (TPSA) is 84.5 Å². The van der Waals surface area contributed by atoms with Gasteiger partial charge in [0.25, 0.3) is 0 Å². The molecule has 1 unspecified atom stereocenters. The summed E-state index contributed by atoms with van der Waals surface area (Å²) in [5.41, 5.74) is -1.27. The number of hydrogen-bond donors (Lipinski definition) is 2. The van der Waals surface area contributed by atoms with Crippen LogP contribution in [0.3, 0.4) is 0 Å². The van der Waals surface area contributed by atoms with Crippen molar-refractivity contribution in [3.05, 3.63) is 12.7 Å². The summed E-state index contributed by atoms with van der Waals surface area (Å²) in [5, 5.41) is 5.65. The van der Waals surface area contributed by atoms with E-state index in [-0.39, 0.29) is 24.3 Å². The molecule has 1 aliphatic rings. The highest BCUT2D eigenvalue weighted by Crippen LogP contribution is 2.39. The second-order valence-electron chi connectivity index (χ2n) is 6.34. The van der Waals surface area contributed by atoms with E-state index in [1.54, 1.807) is 13.0 Å². The Balaban J connectivity index is 3.16. The van der Waals surface area contributed by atoms with Gasteiger partial charge in [0.1, 0.15) is 5.54 Å². The van der Waals surface area contributed by atoms with Crippen molar-refractivity contribution in [2.45, 2.75) is 58.4 Å². The fourth-order valence-corrected chi connectivity index (χ4v) is 3.34. The van der Waals surface area contributed by atoms with Gasteiger partial charge in [0, 0.05) is 13.5 Å². The summed E-state index contributed by atoms with van der Waals surface area (Å²) in [4.78, 5) is 37.2. The molecule has 24 heavy (non-hydrogen) atoms. The van der Waals surface area contributed by atoms with Gasteiger partial charge >= 0.3 is 5.97 Å². The summed E-state index contributed by atoms with van der Waals surface area (Å²) >= 11 is 0. The van der Waals surface area contributed by atoms with Crippen LogP contribution in [0.4, 0.5) is 0 Å². The smallest absolute Gasteiger partial charge is 0.311 e. The van der Waals surface area contributed by atoms with Crippen LogP contribution in [0.2, 0.25) is 0 Å². The van der Waals surface area contributed by atoms with Crippen molar-refractivity contribution in [1.82, 2.24) is 10.6 Å². The molecule has 2 amide bonds. The number of unbranched alkanes of at least 4 members (excludes halogenated alkanes) is 1.